The van der Waals surface area contributed by atoms with Crippen LogP contribution in [0.15, 0.2) is 40.3 Å². The van der Waals surface area contributed by atoms with Crippen molar-refractivity contribution in [3.63, 3.8) is 0 Å². The van der Waals surface area contributed by atoms with Crippen molar-refractivity contribution in [3.8, 4) is 11.5 Å². The van der Waals surface area contributed by atoms with Gasteiger partial charge in [-0.2, -0.15) is 0 Å². The fourth-order valence-electron chi connectivity index (χ4n) is 2.28. The third-order valence-electron chi connectivity index (χ3n) is 3.50. The van der Waals surface area contributed by atoms with Crippen LogP contribution in [0.25, 0.3) is 11.5 Å². The Morgan fingerprint density at radius 2 is 2.17 bits per heavy atom. The van der Waals surface area contributed by atoms with Crippen LogP contribution in [0, 0.1) is 6.92 Å². The molecule has 2 heterocycles. The predicted octanol–water partition coefficient (Wildman–Crippen LogP) is 5.29. The minimum absolute atomic E-state index is 0.159. The van der Waals surface area contributed by atoms with Crippen molar-refractivity contribution in [1.82, 2.24) is 9.88 Å². The van der Waals surface area contributed by atoms with E-state index in [2.05, 4.69) is 4.98 Å². The lowest BCUT2D eigenvalue weighted by Gasteiger charge is -2.17. The molecule has 0 fully saturated rings. The number of furan rings is 1. The average Bonchev–Trinajstić information content (AvgIpc) is 3.19. The second-order valence-corrected chi connectivity index (χ2v) is 7.17. The molecule has 0 saturated heterocycles. The van der Waals surface area contributed by atoms with Gasteiger partial charge in [0.05, 0.1) is 20.6 Å². The van der Waals surface area contributed by atoms with Crippen molar-refractivity contribution < 1.29 is 9.21 Å². The van der Waals surface area contributed by atoms with E-state index in [1.165, 1.54) is 17.6 Å². The number of amides is 1. The number of aromatic nitrogens is 1. The normalized spacial score (nSPS) is 10.8. The SMILES string of the molecule is Cc1nc(-c2cc(C(=O)N(C)Cc3cccc(Cl)c3Cl)co2)cs1. The molecule has 24 heavy (non-hydrogen) atoms. The van der Waals surface area contributed by atoms with Crippen molar-refractivity contribution in [1.29, 1.82) is 0 Å². The molecule has 0 saturated carbocycles. The van der Waals surface area contributed by atoms with Gasteiger partial charge in [0.25, 0.3) is 5.91 Å². The third-order valence-corrected chi connectivity index (χ3v) is 5.14. The molecule has 0 unspecified atom stereocenters. The van der Waals surface area contributed by atoms with Gasteiger partial charge in [-0.15, -0.1) is 11.3 Å². The highest BCUT2D eigenvalue weighted by Crippen LogP contribution is 2.27. The second-order valence-electron chi connectivity index (χ2n) is 5.33. The Balaban J connectivity index is 1.76. The van der Waals surface area contributed by atoms with E-state index >= 15 is 0 Å². The molecule has 7 heteroatoms. The van der Waals surface area contributed by atoms with Crippen LogP contribution in [0.3, 0.4) is 0 Å². The van der Waals surface area contributed by atoms with Crippen LogP contribution in [-0.2, 0) is 6.54 Å². The number of hydrogen-bond acceptors (Lipinski definition) is 4. The van der Waals surface area contributed by atoms with Crippen LogP contribution in [0.5, 0.6) is 0 Å². The first-order valence-electron chi connectivity index (χ1n) is 7.15. The predicted molar refractivity (Wildman–Crippen MR) is 96.8 cm³/mol. The van der Waals surface area contributed by atoms with Gasteiger partial charge >= 0.3 is 0 Å². The summed E-state index contributed by atoms with van der Waals surface area (Å²) in [6.07, 6.45) is 1.45. The summed E-state index contributed by atoms with van der Waals surface area (Å²) in [4.78, 5) is 18.5. The van der Waals surface area contributed by atoms with Crippen molar-refractivity contribution in [2.24, 2.45) is 0 Å². The Bertz CT molecular complexity index is 888. The molecule has 2 aromatic heterocycles. The fraction of sp³-hybridized carbons (Fsp3) is 0.176. The number of aryl methyl sites for hydroxylation is 1. The zero-order valence-corrected chi connectivity index (χ0v) is 15.4. The second kappa shape index (κ2) is 6.97. The van der Waals surface area contributed by atoms with Gasteiger partial charge in [-0.3, -0.25) is 4.79 Å². The topological polar surface area (TPSA) is 46.3 Å². The molecule has 0 N–H and O–H groups in total. The maximum Gasteiger partial charge on any atom is 0.257 e. The minimum Gasteiger partial charge on any atom is -0.462 e. The maximum absolute atomic E-state index is 12.6. The lowest BCUT2D eigenvalue weighted by molar-refractivity contribution is 0.0784. The smallest absolute Gasteiger partial charge is 0.257 e. The van der Waals surface area contributed by atoms with Gasteiger partial charge in [0.15, 0.2) is 5.76 Å². The molecule has 3 rings (SSSR count). The summed E-state index contributed by atoms with van der Waals surface area (Å²) in [6, 6.07) is 7.07. The van der Waals surface area contributed by atoms with E-state index in [0.717, 1.165) is 16.3 Å². The number of halogens is 2. The van der Waals surface area contributed by atoms with E-state index in [4.69, 9.17) is 27.6 Å². The number of benzene rings is 1. The minimum atomic E-state index is -0.159. The summed E-state index contributed by atoms with van der Waals surface area (Å²) >= 11 is 13.7. The number of carbonyl (C=O) groups is 1. The van der Waals surface area contributed by atoms with Gasteiger partial charge in [0.2, 0.25) is 0 Å². The molecule has 0 atom stereocenters. The monoisotopic (exact) mass is 380 g/mol. The van der Waals surface area contributed by atoms with E-state index in [1.807, 2.05) is 24.4 Å². The number of carbonyl (C=O) groups excluding carboxylic acids is 1. The highest BCUT2D eigenvalue weighted by Gasteiger charge is 2.18. The third kappa shape index (κ3) is 3.48. The Labute approximate surface area is 153 Å². The summed E-state index contributed by atoms with van der Waals surface area (Å²) < 4.78 is 5.48. The Morgan fingerprint density at radius 1 is 1.38 bits per heavy atom. The largest absolute Gasteiger partial charge is 0.462 e. The molecule has 0 spiro atoms. The van der Waals surface area contributed by atoms with Crippen molar-refractivity contribution in [2.75, 3.05) is 7.05 Å². The van der Waals surface area contributed by atoms with Crippen LogP contribution in [-0.4, -0.2) is 22.8 Å². The molecule has 1 amide bonds. The molecule has 0 aliphatic rings. The number of thiazole rings is 1. The Hall–Kier alpha value is -1.82. The van der Waals surface area contributed by atoms with E-state index < -0.39 is 0 Å². The summed E-state index contributed by atoms with van der Waals surface area (Å²) in [5.41, 5.74) is 1.99. The molecule has 0 aliphatic carbocycles. The van der Waals surface area contributed by atoms with E-state index in [0.29, 0.717) is 27.9 Å². The maximum atomic E-state index is 12.6. The quantitative estimate of drug-likeness (QED) is 0.617. The zero-order valence-electron chi connectivity index (χ0n) is 13.0. The first kappa shape index (κ1) is 17.0. The van der Waals surface area contributed by atoms with Crippen molar-refractivity contribution in [3.05, 3.63) is 62.1 Å². The van der Waals surface area contributed by atoms with Gasteiger partial charge in [-0.25, -0.2) is 4.98 Å². The number of rotatable bonds is 4. The van der Waals surface area contributed by atoms with Gasteiger partial charge < -0.3 is 9.32 Å². The summed E-state index contributed by atoms with van der Waals surface area (Å²) in [6.45, 7) is 2.28. The fourth-order valence-corrected chi connectivity index (χ4v) is 3.26. The molecule has 3 aromatic rings. The highest BCUT2D eigenvalue weighted by atomic mass is 35.5. The van der Waals surface area contributed by atoms with Crippen LogP contribution < -0.4 is 0 Å². The van der Waals surface area contributed by atoms with E-state index in [9.17, 15) is 4.79 Å². The van der Waals surface area contributed by atoms with E-state index in [-0.39, 0.29) is 5.91 Å². The Kier molecular flexibility index (Phi) is 4.94. The summed E-state index contributed by atoms with van der Waals surface area (Å²) in [5.74, 6) is 0.421. The van der Waals surface area contributed by atoms with Crippen molar-refractivity contribution >= 4 is 40.4 Å². The molecule has 1 aromatic carbocycles. The first-order valence-corrected chi connectivity index (χ1v) is 8.78. The van der Waals surface area contributed by atoms with Crippen LogP contribution in [0.1, 0.15) is 20.9 Å². The molecule has 0 aliphatic heterocycles. The number of nitrogens with zero attached hydrogens (tertiary/aromatic N) is 2. The Morgan fingerprint density at radius 3 is 2.88 bits per heavy atom. The lowest BCUT2D eigenvalue weighted by Crippen LogP contribution is -2.25. The molecule has 0 bridgehead atoms. The van der Waals surface area contributed by atoms with Crippen LogP contribution in [0.4, 0.5) is 0 Å². The van der Waals surface area contributed by atoms with Crippen LogP contribution in [0.2, 0.25) is 10.0 Å². The number of hydrogen-bond donors (Lipinski definition) is 0. The van der Waals surface area contributed by atoms with Crippen LogP contribution >= 0.6 is 34.5 Å². The van der Waals surface area contributed by atoms with Crippen molar-refractivity contribution in [2.45, 2.75) is 13.5 Å². The molecule has 4 nitrogen and oxygen atoms in total. The van der Waals surface area contributed by atoms with E-state index in [1.54, 1.807) is 24.1 Å². The van der Waals surface area contributed by atoms with Gasteiger partial charge in [0, 0.05) is 19.0 Å². The van der Waals surface area contributed by atoms with Gasteiger partial charge in [-0.1, -0.05) is 35.3 Å². The average molecular weight is 381 g/mol. The zero-order chi connectivity index (χ0) is 17.3. The van der Waals surface area contributed by atoms with Gasteiger partial charge in [-0.05, 0) is 24.6 Å². The standard InChI is InChI=1S/C17H14Cl2N2O2S/c1-10-20-14(9-24-10)15-6-12(8-23-15)17(22)21(2)7-11-4-3-5-13(18)16(11)19/h3-6,8-9H,7H2,1-2H3. The molecular formula is C17H14Cl2N2O2S. The lowest BCUT2D eigenvalue weighted by atomic mass is 10.2. The van der Waals surface area contributed by atoms with Gasteiger partial charge in [0.1, 0.15) is 12.0 Å². The summed E-state index contributed by atoms with van der Waals surface area (Å²) in [5, 5.41) is 3.78. The molecule has 124 valence electrons. The first-order chi connectivity index (χ1) is 11.5. The molecular weight excluding hydrogens is 367 g/mol. The molecule has 0 radical (unpaired) electrons. The summed E-state index contributed by atoms with van der Waals surface area (Å²) in [7, 11) is 1.71. The highest BCUT2D eigenvalue weighted by molar-refractivity contribution is 7.09.